The lowest BCUT2D eigenvalue weighted by Gasteiger charge is -2.26. The van der Waals surface area contributed by atoms with Gasteiger partial charge in [-0.15, -0.1) is 0 Å². The van der Waals surface area contributed by atoms with Gasteiger partial charge in [0.2, 0.25) is 10.0 Å². The van der Waals surface area contributed by atoms with Crippen LogP contribution in [0.25, 0.3) is 0 Å². The van der Waals surface area contributed by atoms with Crippen LogP contribution in [0.2, 0.25) is 0 Å². The molecular weight excluding hydrogens is 286 g/mol. The minimum atomic E-state index is -3.74. The molecule has 5 nitrogen and oxygen atoms in total. The van der Waals surface area contributed by atoms with Crippen molar-refractivity contribution in [2.75, 3.05) is 10.6 Å². The third-order valence-electron chi connectivity index (χ3n) is 3.79. The Morgan fingerprint density at radius 2 is 1.86 bits per heavy atom. The zero-order chi connectivity index (χ0) is 15.2. The lowest BCUT2D eigenvalue weighted by Crippen LogP contribution is -2.25. The summed E-state index contributed by atoms with van der Waals surface area (Å²) in [6, 6.07) is 13.0. The molecule has 0 fully saturated rings. The molecule has 0 aliphatic carbocycles. The zero-order valence-electron chi connectivity index (χ0n) is 11.7. The van der Waals surface area contributed by atoms with E-state index >= 15 is 0 Å². The maximum atomic E-state index is 11.4. The predicted molar refractivity (Wildman–Crippen MR) is 84.0 cm³/mol. The Morgan fingerprint density at radius 3 is 2.52 bits per heavy atom. The summed E-state index contributed by atoms with van der Waals surface area (Å²) in [6.45, 7) is 2.12. The van der Waals surface area contributed by atoms with Crippen molar-refractivity contribution in [1.82, 2.24) is 0 Å². The number of para-hydroxylation sites is 1. The van der Waals surface area contributed by atoms with E-state index in [4.69, 9.17) is 10.9 Å². The van der Waals surface area contributed by atoms with E-state index in [-0.39, 0.29) is 10.9 Å². The first-order valence-electron chi connectivity index (χ1n) is 6.67. The molecule has 0 aromatic heterocycles. The topological polar surface area (TPSA) is 89.4 Å². The number of hydrogen-bond acceptors (Lipinski definition) is 4. The minimum Gasteiger partial charge on any atom is -0.397 e. The van der Waals surface area contributed by atoms with Gasteiger partial charge in [0.1, 0.15) is 0 Å². The van der Waals surface area contributed by atoms with Crippen LogP contribution in [0, 0.1) is 0 Å². The van der Waals surface area contributed by atoms with Crippen LogP contribution in [0.5, 0.6) is 0 Å². The number of sulfonamides is 1. The number of nitrogens with zero attached hydrogens (tertiary/aromatic N) is 1. The highest BCUT2D eigenvalue weighted by atomic mass is 32.2. The molecule has 1 unspecified atom stereocenters. The van der Waals surface area contributed by atoms with Crippen molar-refractivity contribution in [3.8, 4) is 0 Å². The molecule has 0 spiro atoms. The molecular formula is C15H17N3O2S. The number of nitrogen functional groups attached to an aromatic ring is 1. The number of benzene rings is 2. The van der Waals surface area contributed by atoms with Gasteiger partial charge in [-0.25, -0.2) is 13.6 Å². The molecule has 110 valence electrons. The van der Waals surface area contributed by atoms with Gasteiger partial charge in [0.15, 0.2) is 0 Å². The van der Waals surface area contributed by atoms with Crippen LogP contribution in [0.1, 0.15) is 12.5 Å². The number of rotatable bonds is 2. The van der Waals surface area contributed by atoms with Crippen LogP contribution >= 0.6 is 0 Å². The van der Waals surface area contributed by atoms with E-state index in [1.54, 1.807) is 6.07 Å². The van der Waals surface area contributed by atoms with E-state index in [9.17, 15) is 8.42 Å². The molecule has 0 saturated heterocycles. The highest BCUT2D eigenvalue weighted by Gasteiger charge is 2.28. The molecule has 0 radical (unpaired) electrons. The number of nitrogens with two attached hydrogens (primary N) is 2. The van der Waals surface area contributed by atoms with Crippen molar-refractivity contribution in [3.63, 3.8) is 0 Å². The zero-order valence-corrected chi connectivity index (χ0v) is 12.5. The molecule has 1 aliphatic rings. The predicted octanol–water partition coefficient (Wildman–Crippen LogP) is 2.00. The molecule has 4 N–H and O–H groups in total. The molecule has 2 aromatic carbocycles. The van der Waals surface area contributed by atoms with E-state index in [0.29, 0.717) is 5.69 Å². The van der Waals surface area contributed by atoms with Crippen LogP contribution < -0.4 is 15.8 Å². The summed E-state index contributed by atoms with van der Waals surface area (Å²) in [5, 5.41) is 5.14. The highest BCUT2D eigenvalue weighted by molar-refractivity contribution is 7.89. The van der Waals surface area contributed by atoms with Gasteiger partial charge in [-0.2, -0.15) is 0 Å². The van der Waals surface area contributed by atoms with Gasteiger partial charge in [0, 0.05) is 11.7 Å². The summed E-state index contributed by atoms with van der Waals surface area (Å²) in [5.74, 6) is 0. The molecule has 0 bridgehead atoms. The van der Waals surface area contributed by atoms with E-state index < -0.39 is 10.0 Å². The quantitative estimate of drug-likeness (QED) is 0.830. The molecule has 1 heterocycles. The Bertz CT molecular complexity index is 802. The van der Waals surface area contributed by atoms with Crippen molar-refractivity contribution >= 4 is 27.1 Å². The lowest BCUT2D eigenvalue weighted by molar-refractivity contribution is 0.598. The summed E-state index contributed by atoms with van der Waals surface area (Å²) in [7, 11) is -3.74. The van der Waals surface area contributed by atoms with Crippen LogP contribution in [-0.4, -0.2) is 14.5 Å². The number of hydrogen-bond donors (Lipinski definition) is 2. The Kier molecular flexibility index (Phi) is 3.15. The fourth-order valence-corrected chi connectivity index (χ4v) is 3.41. The second-order valence-electron chi connectivity index (χ2n) is 5.32. The number of fused-ring (bicyclic) bond motifs is 1. The van der Waals surface area contributed by atoms with Crippen molar-refractivity contribution in [1.29, 1.82) is 0 Å². The van der Waals surface area contributed by atoms with Crippen molar-refractivity contribution in [2.24, 2.45) is 5.14 Å². The van der Waals surface area contributed by atoms with Crippen molar-refractivity contribution in [3.05, 3.63) is 48.0 Å². The fourth-order valence-electron chi connectivity index (χ4n) is 2.86. The van der Waals surface area contributed by atoms with E-state index in [1.165, 1.54) is 17.7 Å². The standard InChI is InChI=1S/C15H17N3O2S/c1-10-8-11-4-2-3-5-14(11)18(10)15-7-6-12(9-13(15)16)21(17,19)20/h2-7,9-10H,8,16H2,1H3,(H2,17,19,20). The van der Waals surface area contributed by atoms with Crippen LogP contribution in [0.4, 0.5) is 17.1 Å². The number of primary sulfonamides is 1. The summed E-state index contributed by atoms with van der Waals surface area (Å²) < 4.78 is 22.8. The highest BCUT2D eigenvalue weighted by Crippen LogP contribution is 2.40. The Balaban J connectivity index is 2.10. The van der Waals surface area contributed by atoms with Gasteiger partial charge in [-0.05, 0) is 43.2 Å². The van der Waals surface area contributed by atoms with Gasteiger partial charge in [0.25, 0.3) is 0 Å². The van der Waals surface area contributed by atoms with Gasteiger partial charge in [-0.3, -0.25) is 0 Å². The van der Waals surface area contributed by atoms with Crippen LogP contribution in [0.3, 0.4) is 0 Å². The Morgan fingerprint density at radius 1 is 1.14 bits per heavy atom. The van der Waals surface area contributed by atoms with Gasteiger partial charge in [0.05, 0.1) is 16.3 Å². The molecule has 1 atom stereocenters. The molecule has 6 heteroatoms. The van der Waals surface area contributed by atoms with Crippen LogP contribution in [0.15, 0.2) is 47.4 Å². The maximum absolute atomic E-state index is 11.4. The largest absolute Gasteiger partial charge is 0.397 e. The first-order chi connectivity index (χ1) is 9.88. The molecule has 0 amide bonds. The maximum Gasteiger partial charge on any atom is 0.238 e. The van der Waals surface area contributed by atoms with E-state index in [2.05, 4.69) is 17.9 Å². The fraction of sp³-hybridized carbons (Fsp3) is 0.200. The average Bonchev–Trinajstić information content (AvgIpc) is 2.74. The van der Waals surface area contributed by atoms with Gasteiger partial charge in [-0.1, -0.05) is 18.2 Å². The first-order valence-corrected chi connectivity index (χ1v) is 8.22. The van der Waals surface area contributed by atoms with Gasteiger partial charge >= 0.3 is 0 Å². The third kappa shape index (κ3) is 2.36. The average molecular weight is 303 g/mol. The molecule has 3 rings (SSSR count). The number of anilines is 3. The second-order valence-corrected chi connectivity index (χ2v) is 6.88. The van der Waals surface area contributed by atoms with E-state index in [1.807, 2.05) is 18.2 Å². The molecule has 1 aliphatic heterocycles. The molecule has 0 saturated carbocycles. The minimum absolute atomic E-state index is 0.0314. The van der Waals surface area contributed by atoms with E-state index in [0.717, 1.165) is 17.8 Å². The SMILES string of the molecule is CC1Cc2ccccc2N1c1ccc(S(N)(=O)=O)cc1N. The molecule has 2 aromatic rings. The lowest BCUT2D eigenvalue weighted by atomic mass is 10.1. The first kappa shape index (κ1) is 13.9. The third-order valence-corrected chi connectivity index (χ3v) is 4.71. The summed E-state index contributed by atoms with van der Waals surface area (Å²) >= 11 is 0. The molecule has 21 heavy (non-hydrogen) atoms. The summed E-state index contributed by atoms with van der Waals surface area (Å²) in [5.41, 5.74) is 9.64. The second kappa shape index (κ2) is 4.75. The van der Waals surface area contributed by atoms with Gasteiger partial charge < -0.3 is 10.6 Å². The van der Waals surface area contributed by atoms with Crippen molar-refractivity contribution in [2.45, 2.75) is 24.3 Å². The van der Waals surface area contributed by atoms with Crippen molar-refractivity contribution < 1.29 is 8.42 Å². The Labute approximate surface area is 124 Å². The monoisotopic (exact) mass is 303 g/mol. The summed E-state index contributed by atoms with van der Waals surface area (Å²) in [4.78, 5) is 2.17. The summed E-state index contributed by atoms with van der Waals surface area (Å²) in [6.07, 6.45) is 0.937. The Hall–Kier alpha value is -2.05. The normalized spacial score (nSPS) is 17.8. The van der Waals surface area contributed by atoms with Crippen LogP contribution in [-0.2, 0) is 16.4 Å². The smallest absolute Gasteiger partial charge is 0.238 e.